The minimum Gasteiger partial charge on any atom is -0.307 e. The average Bonchev–Trinajstić information content (AvgIpc) is 3.07. The van der Waals surface area contributed by atoms with Gasteiger partial charge in [-0.1, -0.05) is 36.7 Å². The van der Waals surface area contributed by atoms with Crippen LogP contribution in [0.5, 0.6) is 0 Å². The number of carbonyl (C=O) groups is 1. The molecule has 0 aliphatic heterocycles. The molecule has 28 heavy (non-hydrogen) atoms. The summed E-state index contributed by atoms with van der Waals surface area (Å²) in [6.45, 7) is 6.06. The molecule has 1 amide bonds. The van der Waals surface area contributed by atoms with E-state index in [1.165, 1.54) is 22.9 Å². The summed E-state index contributed by atoms with van der Waals surface area (Å²) in [6.07, 6.45) is 5.88. The fourth-order valence-corrected chi connectivity index (χ4v) is 2.74. The molecule has 0 radical (unpaired) electrons. The van der Waals surface area contributed by atoms with E-state index in [0.717, 1.165) is 10.2 Å². The Morgan fingerprint density at radius 1 is 1.21 bits per heavy atom. The lowest BCUT2D eigenvalue weighted by Crippen LogP contribution is -2.14. The van der Waals surface area contributed by atoms with E-state index in [0.29, 0.717) is 17.3 Å². The molecule has 2 heterocycles. The maximum Gasteiger partial charge on any atom is 0.252 e. The van der Waals surface area contributed by atoms with Crippen molar-refractivity contribution in [3.63, 3.8) is 0 Å². The second kappa shape index (κ2) is 8.02. The maximum atomic E-state index is 13.8. The number of nitrogens with zero attached hydrogens (tertiary/aromatic N) is 4. The lowest BCUT2D eigenvalue weighted by atomic mass is 9.92. The minimum absolute atomic E-state index is 0.227. The van der Waals surface area contributed by atoms with Gasteiger partial charge in [-0.2, -0.15) is 9.78 Å². The zero-order valence-electron chi connectivity index (χ0n) is 15.6. The first-order valence-corrected chi connectivity index (χ1v) is 9.35. The van der Waals surface area contributed by atoms with Gasteiger partial charge in [-0.15, -0.1) is 0 Å². The van der Waals surface area contributed by atoms with E-state index >= 15 is 0 Å². The van der Waals surface area contributed by atoms with Crippen molar-refractivity contribution >= 4 is 33.7 Å². The van der Waals surface area contributed by atoms with Crippen molar-refractivity contribution in [1.29, 1.82) is 0 Å². The van der Waals surface area contributed by atoms with Crippen LogP contribution in [0.4, 0.5) is 10.2 Å². The smallest absolute Gasteiger partial charge is 0.252 e. The molecule has 3 rings (SSSR count). The summed E-state index contributed by atoms with van der Waals surface area (Å²) in [6, 6.07) is 8.00. The Morgan fingerprint density at radius 2 is 1.93 bits per heavy atom. The lowest BCUT2D eigenvalue weighted by molar-refractivity contribution is -0.111. The fraction of sp³-hybridized carbons (Fsp3) is 0.200. The van der Waals surface area contributed by atoms with Gasteiger partial charge in [0.05, 0.1) is 5.69 Å². The third-order valence-electron chi connectivity index (χ3n) is 3.84. The van der Waals surface area contributed by atoms with Gasteiger partial charge in [-0.05, 0) is 30.3 Å². The Kier molecular flexibility index (Phi) is 5.69. The summed E-state index contributed by atoms with van der Waals surface area (Å²) in [5, 5.41) is 7.30. The van der Waals surface area contributed by atoms with E-state index in [-0.39, 0.29) is 5.41 Å². The first-order valence-electron chi connectivity index (χ1n) is 8.56. The van der Waals surface area contributed by atoms with Crippen molar-refractivity contribution in [2.24, 2.45) is 0 Å². The van der Waals surface area contributed by atoms with Crippen LogP contribution in [-0.4, -0.2) is 25.7 Å². The van der Waals surface area contributed by atoms with Gasteiger partial charge in [-0.25, -0.2) is 14.4 Å². The molecule has 6 nitrogen and oxygen atoms in total. The van der Waals surface area contributed by atoms with Gasteiger partial charge in [0.15, 0.2) is 0 Å². The predicted octanol–water partition coefficient (Wildman–Crippen LogP) is 4.51. The molecule has 2 aromatic heterocycles. The average molecular weight is 444 g/mol. The SMILES string of the molecule is CC(C)(C)c1cc(NC(=O)/C=C/c2cc(Br)ccc2F)n(-c2ncccn2)n1. The molecule has 1 aromatic carbocycles. The number of amides is 1. The monoisotopic (exact) mass is 443 g/mol. The Balaban J connectivity index is 1.88. The minimum atomic E-state index is -0.420. The predicted molar refractivity (Wildman–Crippen MR) is 110 cm³/mol. The molecular weight excluding hydrogens is 425 g/mol. The molecule has 0 bridgehead atoms. The number of aromatic nitrogens is 4. The summed E-state index contributed by atoms with van der Waals surface area (Å²) < 4.78 is 16.0. The molecule has 3 aromatic rings. The van der Waals surface area contributed by atoms with Crippen LogP contribution >= 0.6 is 15.9 Å². The van der Waals surface area contributed by atoms with Crippen molar-refractivity contribution in [1.82, 2.24) is 19.7 Å². The second-order valence-corrected chi connectivity index (χ2v) is 8.03. The number of benzene rings is 1. The maximum absolute atomic E-state index is 13.8. The molecule has 0 unspecified atom stereocenters. The molecule has 0 saturated heterocycles. The number of anilines is 1. The van der Waals surface area contributed by atoms with Crippen LogP contribution in [0.3, 0.4) is 0 Å². The Hall–Kier alpha value is -2.87. The van der Waals surface area contributed by atoms with E-state index in [9.17, 15) is 9.18 Å². The Labute approximate surface area is 170 Å². The number of rotatable bonds is 4. The number of carbonyl (C=O) groups excluding carboxylic acids is 1. The molecule has 0 saturated carbocycles. The molecule has 144 valence electrons. The van der Waals surface area contributed by atoms with Gasteiger partial charge in [0.2, 0.25) is 5.91 Å². The van der Waals surface area contributed by atoms with E-state index in [2.05, 4.69) is 36.3 Å². The normalized spacial score (nSPS) is 11.8. The molecular formula is C20H19BrFN5O. The van der Waals surface area contributed by atoms with Crippen molar-refractivity contribution in [3.05, 3.63) is 70.3 Å². The van der Waals surface area contributed by atoms with E-state index in [4.69, 9.17) is 0 Å². The molecule has 0 spiro atoms. The van der Waals surface area contributed by atoms with Crippen LogP contribution in [0, 0.1) is 5.82 Å². The van der Waals surface area contributed by atoms with Gasteiger partial charge in [-0.3, -0.25) is 4.79 Å². The molecule has 0 atom stereocenters. The standard InChI is InChI=1S/C20H19BrFN5O/c1-20(2,3)16-12-17(27(26-16)19-23-9-4-10-24-19)25-18(28)8-5-13-11-14(21)6-7-15(13)22/h4-12H,1-3H3,(H,25,28)/b8-5+. The van der Waals surface area contributed by atoms with Gasteiger partial charge >= 0.3 is 0 Å². The summed E-state index contributed by atoms with van der Waals surface area (Å²) in [7, 11) is 0. The molecule has 8 heteroatoms. The van der Waals surface area contributed by atoms with Gasteiger partial charge in [0.1, 0.15) is 11.6 Å². The first-order chi connectivity index (χ1) is 13.2. The third kappa shape index (κ3) is 4.69. The van der Waals surface area contributed by atoms with Crippen LogP contribution in [0.15, 0.2) is 53.3 Å². The fourth-order valence-electron chi connectivity index (χ4n) is 2.37. The molecule has 1 N–H and O–H groups in total. The van der Waals surface area contributed by atoms with Crippen LogP contribution in [-0.2, 0) is 10.2 Å². The van der Waals surface area contributed by atoms with E-state index in [1.54, 1.807) is 36.7 Å². The largest absolute Gasteiger partial charge is 0.307 e. The zero-order chi connectivity index (χ0) is 20.3. The van der Waals surface area contributed by atoms with Crippen molar-refractivity contribution < 1.29 is 9.18 Å². The third-order valence-corrected chi connectivity index (χ3v) is 4.34. The topological polar surface area (TPSA) is 72.7 Å². The summed E-state index contributed by atoms with van der Waals surface area (Å²) in [4.78, 5) is 20.8. The lowest BCUT2D eigenvalue weighted by Gasteiger charge is -2.13. The van der Waals surface area contributed by atoms with Crippen LogP contribution in [0.25, 0.3) is 12.0 Å². The highest BCUT2D eigenvalue weighted by molar-refractivity contribution is 9.10. The quantitative estimate of drug-likeness (QED) is 0.601. The van der Waals surface area contributed by atoms with Crippen LogP contribution in [0.2, 0.25) is 0 Å². The Bertz CT molecular complexity index is 1020. The number of hydrogen-bond donors (Lipinski definition) is 1. The van der Waals surface area contributed by atoms with E-state index < -0.39 is 11.7 Å². The van der Waals surface area contributed by atoms with Crippen LogP contribution in [0.1, 0.15) is 32.0 Å². The van der Waals surface area contributed by atoms with Crippen molar-refractivity contribution in [2.75, 3.05) is 5.32 Å². The summed E-state index contributed by atoms with van der Waals surface area (Å²) >= 11 is 3.29. The summed E-state index contributed by atoms with van der Waals surface area (Å²) in [5.41, 5.74) is 0.853. The highest BCUT2D eigenvalue weighted by atomic mass is 79.9. The summed E-state index contributed by atoms with van der Waals surface area (Å²) in [5.74, 6) is -0.0577. The van der Waals surface area contributed by atoms with Gasteiger partial charge in [0, 0.05) is 40.0 Å². The molecule has 0 aliphatic rings. The van der Waals surface area contributed by atoms with Crippen molar-refractivity contribution in [2.45, 2.75) is 26.2 Å². The number of halogens is 2. The van der Waals surface area contributed by atoms with Gasteiger partial charge in [0.25, 0.3) is 5.95 Å². The zero-order valence-corrected chi connectivity index (χ0v) is 17.2. The van der Waals surface area contributed by atoms with Crippen LogP contribution < -0.4 is 5.32 Å². The highest BCUT2D eigenvalue weighted by Crippen LogP contribution is 2.25. The van der Waals surface area contributed by atoms with Crippen molar-refractivity contribution in [3.8, 4) is 5.95 Å². The van der Waals surface area contributed by atoms with E-state index in [1.807, 2.05) is 20.8 Å². The Morgan fingerprint density at radius 3 is 2.61 bits per heavy atom. The number of nitrogens with one attached hydrogen (secondary N) is 1. The van der Waals surface area contributed by atoms with Gasteiger partial charge < -0.3 is 5.32 Å². The first kappa shape index (κ1) is 19.9. The second-order valence-electron chi connectivity index (χ2n) is 7.11. The number of hydrogen-bond acceptors (Lipinski definition) is 4. The highest BCUT2D eigenvalue weighted by Gasteiger charge is 2.22. The molecule has 0 fully saturated rings. The molecule has 0 aliphatic carbocycles.